The number of phosphoric ester groups is 1. The largest absolute Gasteiger partial charge is 0.474 e. The molecular weight excluding hydrogens is 353 g/mol. The molecule has 3 fully saturated rings. The van der Waals surface area contributed by atoms with Crippen molar-refractivity contribution in [2.45, 2.75) is 0 Å². The molecule has 25 heavy (non-hydrogen) atoms. The minimum Gasteiger partial charge on any atom is -0.462 e. The Morgan fingerprint density at radius 1 is 0.920 bits per heavy atom. The highest BCUT2D eigenvalue weighted by atomic mass is 31.2. The Balaban J connectivity index is 1.68. The van der Waals surface area contributed by atoms with Crippen molar-refractivity contribution >= 4 is 7.82 Å². The molecule has 1 aromatic heterocycles. The zero-order chi connectivity index (χ0) is 17.8. The van der Waals surface area contributed by atoms with Gasteiger partial charge in [-0.15, -0.1) is 15.0 Å². The van der Waals surface area contributed by atoms with E-state index in [0.717, 1.165) is 0 Å². The van der Waals surface area contributed by atoms with E-state index in [1.54, 1.807) is 12.2 Å². The standard InChI is InChI=1S/C14H18N3O7P/c1-3-5-19-11-15-12(20-6-4-2)17-13(16-11)21-7-14-8-22-25(18,23-9-14)24-10-14/h3-4H,1-2,5-10H2. The number of rotatable bonds is 9. The second kappa shape index (κ2) is 7.49. The fourth-order valence-electron chi connectivity index (χ4n) is 2.01. The summed E-state index contributed by atoms with van der Waals surface area (Å²) in [5.41, 5.74) is -0.580. The Kier molecular flexibility index (Phi) is 5.33. The topological polar surface area (TPSA) is 111 Å². The lowest BCUT2D eigenvalue weighted by atomic mass is 9.92. The second-order valence-corrected chi connectivity index (χ2v) is 7.11. The van der Waals surface area contributed by atoms with Gasteiger partial charge in [0.2, 0.25) is 0 Å². The molecule has 0 radical (unpaired) electrons. The summed E-state index contributed by atoms with van der Waals surface area (Å²) >= 11 is 0. The number of ether oxygens (including phenoxy) is 3. The van der Waals surface area contributed by atoms with Crippen molar-refractivity contribution in [1.82, 2.24) is 15.0 Å². The van der Waals surface area contributed by atoms with Crippen LogP contribution < -0.4 is 14.2 Å². The Hall–Kier alpha value is -2.00. The molecule has 4 heterocycles. The lowest BCUT2D eigenvalue weighted by Gasteiger charge is -2.43. The first-order valence-corrected chi connectivity index (χ1v) is 8.92. The van der Waals surface area contributed by atoms with Gasteiger partial charge >= 0.3 is 25.9 Å². The van der Waals surface area contributed by atoms with Crippen LogP contribution in [0.4, 0.5) is 0 Å². The summed E-state index contributed by atoms with van der Waals surface area (Å²) in [5.74, 6) is 0. The van der Waals surface area contributed by atoms with E-state index in [1.807, 2.05) is 0 Å². The molecule has 11 heteroatoms. The van der Waals surface area contributed by atoms with Crippen LogP contribution in [0, 0.1) is 5.41 Å². The third-order valence-corrected chi connectivity index (χ3v) is 4.66. The smallest absolute Gasteiger partial charge is 0.462 e. The van der Waals surface area contributed by atoms with Crippen LogP contribution in [0.3, 0.4) is 0 Å². The van der Waals surface area contributed by atoms with Crippen LogP contribution in [-0.4, -0.2) is 54.6 Å². The van der Waals surface area contributed by atoms with Crippen LogP contribution in [0.2, 0.25) is 0 Å². The molecule has 10 nitrogen and oxygen atoms in total. The first kappa shape index (κ1) is 17.8. The van der Waals surface area contributed by atoms with E-state index in [4.69, 9.17) is 27.8 Å². The number of hydrogen-bond donors (Lipinski definition) is 0. The van der Waals surface area contributed by atoms with Gasteiger partial charge in [0.05, 0.1) is 25.2 Å². The van der Waals surface area contributed by atoms with E-state index in [0.29, 0.717) is 0 Å². The van der Waals surface area contributed by atoms with Crippen LogP contribution >= 0.6 is 7.82 Å². The maximum atomic E-state index is 11.8. The minimum atomic E-state index is -3.36. The Labute approximate surface area is 144 Å². The summed E-state index contributed by atoms with van der Waals surface area (Å²) in [4.78, 5) is 12.1. The van der Waals surface area contributed by atoms with Gasteiger partial charge in [0.25, 0.3) is 0 Å². The molecule has 0 saturated carbocycles. The molecule has 3 aliphatic heterocycles. The predicted octanol–water partition coefficient (Wildman–Crippen LogP) is 1.55. The zero-order valence-electron chi connectivity index (χ0n) is 13.5. The van der Waals surface area contributed by atoms with Crippen LogP contribution in [0.25, 0.3) is 0 Å². The van der Waals surface area contributed by atoms with Crippen molar-refractivity contribution < 1.29 is 32.3 Å². The van der Waals surface area contributed by atoms with Crippen LogP contribution in [-0.2, 0) is 18.1 Å². The van der Waals surface area contributed by atoms with Crippen molar-refractivity contribution in [3.05, 3.63) is 25.3 Å². The number of nitrogens with zero attached hydrogens (tertiary/aromatic N) is 3. The summed E-state index contributed by atoms with van der Waals surface area (Å²) in [6.45, 7) is 8.31. The Bertz CT molecular complexity index is 637. The second-order valence-electron chi connectivity index (χ2n) is 5.44. The maximum Gasteiger partial charge on any atom is 0.474 e. The summed E-state index contributed by atoms with van der Waals surface area (Å²) < 4.78 is 43.3. The van der Waals surface area contributed by atoms with Gasteiger partial charge in [-0.3, -0.25) is 13.6 Å². The molecular formula is C14H18N3O7P. The van der Waals surface area contributed by atoms with Crippen molar-refractivity contribution in [1.29, 1.82) is 0 Å². The third kappa shape index (κ3) is 4.35. The van der Waals surface area contributed by atoms with E-state index >= 15 is 0 Å². The molecule has 2 bridgehead atoms. The van der Waals surface area contributed by atoms with Gasteiger partial charge in [-0.1, -0.05) is 25.3 Å². The van der Waals surface area contributed by atoms with Crippen LogP contribution in [0.1, 0.15) is 0 Å². The van der Waals surface area contributed by atoms with Gasteiger partial charge in [0.1, 0.15) is 19.8 Å². The molecule has 1 aromatic rings. The first-order chi connectivity index (χ1) is 12.1. The number of fused-ring (bicyclic) bond motifs is 3. The molecule has 0 aliphatic carbocycles. The van der Waals surface area contributed by atoms with Gasteiger partial charge < -0.3 is 14.2 Å². The van der Waals surface area contributed by atoms with E-state index < -0.39 is 13.2 Å². The van der Waals surface area contributed by atoms with Gasteiger partial charge in [-0.25, -0.2) is 4.57 Å². The molecule has 0 N–H and O–H groups in total. The van der Waals surface area contributed by atoms with Gasteiger partial charge in [0, 0.05) is 0 Å². The van der Waals surface area contributed by atoms with Gasteiger partial charge in [-0.05, 0) is 0 Å². The lowest BCUT2D eigenvalue weighted by Crippen LogP contribution is -2.48. The molecule has 0 spiro atoms. The third-order valence-electron chi connectivity index (χ3n) is 3.33. The minimum absolute atomic E-state index is 0.0156. The molecule has 4 rings (SSSR count). The fourth-order valence-corrected chi connectivity index (χ4v) is 3.53. The van der Waals surface area contributed by atoms with Gasteiger partial charge in [0.15, 0.2) is 0 Å². The van der Waals surface area contributed by atoms with Crippen LogP contribution in [0.5, 0.6) is 18.0 Å². The van der Waals surface area contributed by atoms with E-state index in [1.165, 1.54) is 0 Å². The molecule has 0 aromatic carbocycles. The average Bonchev–Trinajstić information content (AvgIpc) is 2.64. The highest BCUT2D eigenvalue weighted by Crippen LogP contribution is 2.59. The lowest BCUT2D eigenvalue weighted by molar-refractivity contribution is -0.111. The van der Waals surface area contributed by atoms with Crippen molar-refractivity contribution in [3.8, 4) is 18.0 Å². The molecule has 0 unspecified atom stereocenters. The maximum absolute atomic E-state index is 11.8. The number of aromatic nitrogens is 3. The Morgan fingerprint density at radius 2 is 1.36 bits per heavy atom. The zero-order valence-corrected chi connectivity index (χ0v) is 14.4. The summed E-state index contributed by atoms with van der Waals surface area (Å²) in [5, 5.41) is 0. The van der Waals surface area contributed by atoms with Crippen LogP contribution in [0.15, 0.2) is 25.3 Å². The van der Waals surface area contributed by atoms with Gasteiger partial charge in [-0.2, -0.15) is 0 Å². The average molecular weight is 371 g/mol. The number of hydrogen-bond acceptors (Lipinski definition) is 10. The van der Waals surface area contributed by atoms with Crippen molar-refractivity contribution in [3.63, 3.8) is 0 Å². The Morgan fingerprint density at radius 3 is 1.80 bits per heavy atom. The first-order valence-electron chi connectivity index (χ1n) is 7.46. The quantitative estimate of drug-likeness (QED) is 0.468. The van der Waals surface area contributed by atoms with Crippen molar-refractivity contribution in [2.24, 2.45) is 5.41 Å². The summed E-state index contributed by atoms with van der Waals surface area (Å²) in [6, 6.07) is 0.103. The molecule has 0 atom stereocenters. The molecule has 3 saturated heterocycles. The normalized spacial score (nSPS) is 27.5. The highest BCUT2D eigenvalue weighted by Gasteiger charge is 2.51. The predicted molar refractivity (Wildman–Crippen MR) is 84.6 cm³/mol. The number of phosphoric acid groups is 1. The summed E-state index contributed by atoms with van der Waals surface area (Å²) in [7, 11) is -3.36. The fraction of sp³-hybridized carbons (Fsp3) is 0.500. The van der Waals surface area contributed by atoms with Crippen molar-refractivity contribution in [2.75, 3.05) is 39.6 Å². The van der Waals surface area contributed by atoms with E-state index in [-0.39, 0.29) is 57.7 Å². The summed E-state index contributed by atoms with van der Waals surface area (Å²) in [6.07, 6.45) is 3.11. The SMILES string of the molecule is C=CCOc1nc(OCC=C)nc(OCC23COP(=O)(OC2)OC3)n1. The highest BCUT2D eigenvalue weighted by molar-refractivity contribution is 7.48. The molecule has 0 amide bonds. The molecule has 3 aliphatic rings. The molecule has 136 valence electrons. The van der Waals surface area contributed by atoms with E-state index in [9.17, 15) is 4.57 Å². The monoisotopic (exact) mass is 371 g/mol. The van der Waals surface area contributed by atoms with E-state index in [2.05, 4.69) is 28.1 Å².